The van der Waals surface area contributed by atoms with Crippen molar-refractivity contribution >= 4 is 43.3 Å². The van der Waals surface area contributed by atoms with Gasteiger partial charge in [-0.3, -0.25) is 9.80 Å². The van der Waals surface area contributed by atoms with Crippen LogP contribution in [-0.2, 0) is 4.74 Å². The molecule has 1 N–H and O–H groups in total. The summed E-state index contributed by atoms with van der Waals surface area (Å²) in [4.78, 5) is 19.3. The van der Waals surface area contributed by atoms with Gasteiger partial charge in [-0.05, 0) is 74.1 Å². The zero-order valence-electron chi connectivity index (χ0n) is 21.0. The molecule has 4 saturated heterocycles. The van der Waals surface area contributed by atoms with Crippen LogP contribution in [0.1, 0.15) is 74.1 Å². The van der Waals surface area contributed by atoms with E-state index in [0.717, 1.165) is 31.2 Å². The molecule has 4 unspecified atom stereocenters. The molecule has 0 saturated carbocycles. The highest BCUT2D eigenvalue weighted by atomic mass is 35.5. The summed E-state index contributed by atoms with van der Waals surface area (Å²) in [6, 6.07) is 4.05. The molecule has 4 atom stereocenters. The fraction of sp³-hybridized carbons (Fsp3) is 0.957. The minimum Gasteiger partial charge on any atom is -0.444 e. The summed E-state index contributed by atoms with van der Waals surface area (Å²) in [6.07, 6.45) is 5.10. The maximum atomic E-state index is 12.1. The number of carbonyl (C=O) groups excluding carboxylic acids is 1. The standard InChI is InChI=1S/C14H26N2O2.C9H18N2.3ClH/c1-10(2)16-11-6-7-12(16)9-15(8-11)13(17)18-14(3,4)5;1-7(2)11-8-3-4-9(11)6-10-5-8;;;/h10-12H,6-9H2,1-5H3;7-10H,3-6H2,1-2H3;3*1H. The summed E-state index contributed by atoms with van der Waals surface area (Å²) >= 11 is 0. The van der Waals surface area contributed by atoms with E-state index in [1.807, 2.05) is 25.7 Å². The van der Waals surface area contributed by atoms with Crippen LogP contribution in [-0.4, -0.2) is 88.8 Å². The van der Waals surface area contributed by atoms with Crippen LogP contribution in [0.2, 0.25) is 0 Å². The average Bonchev–Trinajstić information content (AvgIpc) is 3.03. The number of halogens is 3. The number of hydrogen-bond acceptors (Lipinski definition) is 5. The molecule has 4 bridgehead atoms. The Bertz CT molecular complexity index is 544. The lowest BCUT2D eigenvalue weighted by Crippen LogP contribution is -2.57. The van der Waals surface area contributed by atoms with E-state index in [0.29, 0.717) is 18.1 Å². The molecular weight excluding hydrogens is 471 g/mol. The van der Waals surface area contributed by atoms with Crippen LogP contribution in [0.3, 0.4) is 0 Å². The van der Waals surface area contributed by atoms with Crippen LogP contribution < -0.4 is 5.32 Å². The molecule has 4 rings (SSSR count). The molecule has 4 heterocycles. The maximum absolute atomic E-state index is 12.1. The van der Waals surface area contributed by atoms with E-state index in [2.05, 4.69) is 42.8 Å². The topological polar surface area (TPSA) is 48.1 Å². The Hall–Kier alpha value is 0.0200. The summed E-state index contributed by atoms with van der Waals surface area (Å²) in [5, 5.41) is 3.49. The van der Waals surface area contributed by atoms with Gasteiger partial charge in [0.1, 0.15) is 5.60 Å². The molecule has 0 aromatic heterocycles. The second-order valence-corrected chi connectivity index (χ2v) is 10.9. The molecule has 4 aliphatic heterocycles. The Morgan fingerprint density at radius 3 is 1.50 bits per heavy atom. The molecule has 9 heteroatoms. The number of carbonyl (C=O) groups is 1. The predicted molar refractivity (Wildman–Crippen MR) is 140 cm³/mol. The number of nitrogens with zero attached hydrogens (tertiary/aromatic N) is 3. The average molecular weight is 518 g/mol. The third-order valence-corrected chi connectivity index (χ3v) is 6.82. The van der Waals surface area contributed by atoms with Crippen LogP contribution >= 0.6 is 37.2 Å². The molecule has 1 amide bonds. The molecule has 0 aromatic rings. The van der Waals surface area contributed by atoms with Gasteiger partial charge in [0.2, 0.25) is 0 Å². The van der Waals surface area contributed by atoms with E-state index in [9.17, 15) is 4.79 Å². The summed E-state index contributed by atoms with van der Waals surface area (Å²) < 4.78 is 5.47. The number of likely N-dealkylation sites (tertiary alicyclic amines) is 1. The Morgan fingerprint density at radius 2 is 1.16 bits per heavy atom. The third-order valence-electron chi connectivity index (χ3n) is 6.82. The summed E-state index contributed by atoms with van der Waals surface area (Å²) in [5.41, 5.74) is -0.398. The largest absolute Gasteiger partial charge is 0.444 e. The van der Waals surface area contributed by atoms with Crippen molar-refractivity contribution < 1.29 is 9.53 Å². The van der Waals surface area contributed by atoms with Crippen molar-refractivity contribution in [3.05, 3.63) is 0 Å². The second kappa shape index (κ2) is 13.2. The fourth-order valence-corrected chi connectivity index (χ4v) is 5.91. The highest BCUT2D eigenvalue weighted by molar-refractivity contribution is 5.86. The molecule has 32 heavy (non-hydrogen) atoms. The molecule has 0 radical (unpaired) electrons. The first-order chi connectivity index (χ1) is 13.6. The van der Waals surface area contributed by atoms with Crippen molar-refractivity contribution in [3.8, 4) is 0 Å². The van der Waals surface area contributed by atoms with Gasteiger partial charge in [0.05, 0.1) is 0 Å². The first-order valence-corrected chi connectivity index (χ1v) is 11.8. The zero-order valence-corrected chi connectivity index (χ0v) is 23.5. The highest BCUT2D eigenvalue weighted by Crippen LogP contribution is 2.32. The van der Waals surface area contributed by atoms with Gasteiger partial charge < -0.3 is 15.0 Å². The number of fused-ring (bicyclic) bond motifs is 4. The fourth-order valence-electron chi connectivity index (χ4n) is 5.91. The first-order valence-electron chi connectivity index (χ1n) is 11.8. The van der Waals surface area contributed by atoms with E-state index in [4.69, 9.17) is 4.74 Å². The number of hydrogen-bond donors (Lipinski definition) is 1. The molecular formula is C23H47Cl3N4O2. The Morgan fingerprint density at radius 1 is 0.781 bits per heavy atom. The molecule has 4 fully saturated rings. The number of piperazine rings is 2. The number of rotatable bonds is 2. The summed E-state index contributed by atoms with van der Waals surface area (Å²) in [5.74, 6) is 0. The van der Waals surface area contributed by atoms with Gasteiger partial charge in [-0.1, -0.05) is 0 Å². The zero-order chi connectivity index (χ0) is 21.3. The molecule has 0 aromatic carbocycles. The Kier molecular flexibility index (Phi) is 13.2. The first kappa shape index (κ1) is 32.0. The van der Waals surface area contributed by atoms with E-state index in [1.54, 1.807) is 0 Å². The molecule has 4 aliphatic rings. The molecule has 6 nitrogen and oxygen atoms in total. The van der Waals surface area contributed by atoms with Crippen LogP contribution in [0.5, 0.6) is 0 Å². The predicted octanol–water partition coefficient (Wildman–Crippen LogP) is 4.57. The Labute approximate surface area is 214 Å². The second-order valence-electron chi connectivity index (χ2n) is 10.9. The van der Waals surface area contributed by atoms with Crippen LogP contribution in [0, 0.1) is 0 Å². The number of amides is 1. The quantitative estimate of drug-likeness (QED) is 0.581. The SMILES string of the molecule is CC(C)N1C2CCC1CN(C(=O)OC(C)(C)C)C2.CC(C)N1C2CCC1CNC2.Cl.Cl.Cl. The lowest BCUT2D eigenvalue weighted by molar-refractivity contribution is -0.00479. The molecule has 192 valence electrons. The van der Waals surface area contributed by atoms with E-state index in [1.165, 1.54) is 38.8 Å². The lowest BCUT2D eigenvalue weighted by Gasteiger charge is -2.43. The monoisotopic (exact) mass is 516 g/mol. The summed E-state index contributed by atoms with van der Waals surface area (Å²) in [7, 11) is 0. The molecule has 0 aliphatic carbocycles. The van der Waals surface area contributed by atoms with Gasteiger partial charge in [-0.15, -0.1) is 37.2 Å². The highest BCUT2D eigenvalue weighted by Gasteiger charge is 2.43. The van der Waals surface area contributed by atoms with Crippen LogP contribution in [0.4, 0.5) is 4.79 Å². The Balaban J connectivity index is 0.000000598. The number of ether oxygens (including phenoxy) is 1. The van der Waals surface area contributed by atoms with Crippen molar-refractivity contribution in [3.63, 3.8) is 0 Å². The third kappa shape index (κ3) is 7.78. The van der Waals surface area contributed by atoms with Crippen molar-refractivity contribution in [2.24, 2.45) is 0 Å². The minimum atomic E-state index is -0.398. The van der Waals surface area contributed by atoms with Gasteiger partial charge in [-0.25, -0.2) is 4.79 Å². The van der Waals surface area contributed by atoms with E-state index >= 15 is 0 Å². The summed E-state index contributed by atoms with van der Waals surface area (Å²) in [6.45, 7) is 19.0. The van der Waals surface area contributed by atoms with Gasteiger partial charge in [-0.2, -0.15) is 0 Å². The van der Waals surface area contributed by atoms with Gasteiger partial charge >= 0.3 is 6.09 Å². The maximum Gasteiger partial charge on any atom is 0.410 e. The smallest absolute Gasteiger partial charge is 0.410 e. The van der Waals surface area contributed by atoms with Crippen molar-refractivity contribution in [1.29, 1.82) is 0 Å². The van der Waals surface area contributed by atoms with E-state index in [-0.39, 0.29) is 43.3 Å². The van der Waals surface area contributed by atoms with Crippen LogP contribution in [0.15, 0.2) is 0 Å². The lowest BCUT2D eigenvalue weighted by atomic mass is 10.1. The van der Waals surface area contributed by atoms with Crippen molar-refractivity contribution in [2.75, 3.05) is 26.2 Å². The minimum absolute atomic E-state index is 0. The number of nitrogens with one attached hydrogen (secondary N) is 1. The van der Waals surface area contributed by atoms with Gasteiger partial charge in [0.25, 0.3) is 0 Å². The van der Waals surface area contributed by atoms with Gasteiger partial charge in [0.15, 0.2) is 0 Å². The van der Waals surface area contributed by atoms with Crippen LogP contribution in [0.25, 0.3) is 0 Å². The van der Waals surface area contributed by atoms with Crippen molar-refractivity contribution in [2.45, 2.75) is 116 Å². The van der Waals surface area contributed by atoms with E-state index < -0.39 is 5.60 Å². The van der Waals surface area contributed by atoms with Gasteiger partial charge in [0, 0.05) is 62.4 Å². The van der Waals surface area contributed by atoms with Crippen molar-refractivity contribution in [1.82, 2.24) is 20.0 Å². The molecule has 0 spiro atoms. The normalized spacial score (nSPS) is 29.5.